The predicted octanol–water partition coefficient (Wildman–Crippen LogP) is 23.5. The molecule has 1 amide bonds. The van der Waals surface area contributed by atoms with Gasteiger partial charge in [-0.25, -0.2) is 0 Å². The number of amides is 1. The van der Waals surface area contributed by atoms with E-state index in [0.717, 1.165) is 70.6 Å². The van der Waals surface area contributed by atoms with Crippen LogP contribution in [-0.4, -0.2) is 68.5 Å². The highest BCUT2D eigenvalue weighted by molar-refractivity contribution is 7.45. The lowest BCUT2D eigenvalue weighted by Gasteiger charge is -2.29. The molecule has 0 spiro atoms. The summed E-state index contributed by atoms with van der Waals surface area (Å²) in [4.78, 5) is 25.7. The molecular formula is C77H145N2O6P. The minimum Gasteiger partial charge on any atom is -0.756 e. The van der Waals surface area contributed by atoms with Crippen molar-refractivity contribution in [3.05, 3.63) is 72.9 Å². The molecule has 0 fully saturated rings. The number of nitrogens with one attached hydrogen (secondary N) is 1. The van der Waals surface area contributed by atoms with Gasteiger partial charge in [-0.2, -0.15) is 0 Å². The number of aliphatic hydroxyl groups is 1. The fraction of sp³-hybridized carbons (Fsp3) is 0.831. The van der Waals surface area contributed by atoms with Crippen LogP contribution in [0.3, 0.4) is 0 Å². The molecule has 2 N–H and O–H groups in total. The Morgan fingerprint density at radius 3 is 1.03 bits per heavy atom. The Morgan fingerprint density at radius 2 is 0.709 bits per heavy atom. The van der Waals surface area contributed by atoms with Gasteiger partial charge in [-0.1, -0.05) is 363 Å². The highest BCUT2D eigenvalue weighted by atomic mass is 31.2. The number of aliphatic hydroxyl groups excluding tert-OH is 1. The summed E-state index contributed by atoms with van der Waals surface area (Å²) < 4.78 is 23.5. The van der Waals surface area contributed by atoms with E-state index in [1.807, 2.05) is 27.2 Å². The molecule has 0 bridgehead atoms. The number of hydrogen-bond donors (Lipinski definition) is 2. The normalized spacial score (nSPS) is 14.0. The third-order valence-corrected chi connectivity index (χ3v) is 17.9. The van der Waals surface area contributed by atoms with Crippen LogP contribution in [0.25, 0.3) is 0 Å². The molecule has 0 aliphatic heterocycles. The van der Waals surface area contributed by atoms with Crippen molar-refractivity contribution in [2.45, 2.75) is 373 Å². The highest BCUT2D eigenvalue weighted by Crippen LogP contribution is 2.38. The number of phosphoric ester groups is 1. The molecule has 9 heteroatoms. The number of carbonyl (C=O) groups excluding carboxylic acids is 1. The molecule has 3 unspecified atom stereocenters. The van der Waals surface area contributed by atoms with E-state index in [-0.39, 0.29) is 19.1 Å². The Balaban J connectivity index is 3.99. The molecule has 3 atom stereocenters. The Kier molecular flexibility index (Phi) is 65.7. The molecular weight excluding hydrogens is 1080 g/mol. The van der Waals surface area contributed by atoms with Gasteiger partial charge < -0.3 is 28.8 Å². The molecule has 0 aromatic heterocycles. The van der Waals surface area contributed by atoms with E-state index >= 15 is 0 Å². The van der Waals surface area contributed by atoms with Crippen LogP contribution in [-0.2, 0) is 18.4 Å². The van der Waals surface area contributed by atoms with Crippen LogP contribution < -0.4 is 10.2 Å². The Bertz CT molecular complexity index is 1630. The van der Waals surface area contributed by atoms with E-state index in [4.69, 9.17) is 9.05 Å². The number of likely N-dealkylation sites (N-methyl/N-ethyl adjacent to an activating group) is 1. The molecule has 0 aromatic rings. The highest BCUT2D eigenvalue weighted by Gasteiger charge is 2.23. The van der Waals surface area contributed by atoms with Crippen molar-refractivity contribution in [1.29, 1.82) is 0 Å². The summed E-state index contributed by atoms with van der Waals surface area (Å²) in [6, 6.07) is -0.889. The number of quaternary nitrogens is 1. The van der Waals surface area contributed by atoms with Crippen molar-refractivity contribution in [2.24, 2.45) is 0 Å². The molecule has 0 heterocycles. The van der Waals surface area contributed by atoms with Crippen LogP contribution in [0.4, 0.5) is 0 Å². The smallest absolute Gasteiger partial charge is 0.268 e. The lowest BCUT2D eigenvalue weighted by atomic mass is 10.0. The maximum absolute atomic E-state index is 13.1. The number of carbonyl (C=O) groups is 1. The lowest BCUT2D eigenvalue weighted by molar-refractivity contribution is -0.870. The number of allylic oxidation sites excluding steroid dienone is 11. The number of nitrogens with zero attached hydrogens (tertiary/aromatic N) is 1. The molecule has 0 saturated carbocycles. The molecule has 0 saturated heterocycles. The summed E-state index contributed by atoms with van der Waals surface area (Å²) in [5.74, 6) is -0.191. The molecule has 0 rings (SSSR count). The quantitative estimate of drug-likeness (QED) is 0.0272. The first-order valence-corrected chi connectivity index (χ1v) is 38.8. The molecule has 0 aliphatic carbocycles. The molecule has 0 radical (unpaired) electrons. The van der Waals surface area contributed by atoms with Gasteiger partial charge in [0.15, 0.2) is 0 Å². The van der Waals surface area contributed by atoms with E-state index < -0.39 is 20.0 Å². The Hall–Kier alpha value is -2.06. The van der Waals surface area contributed by atoms with Crippen LogP contribution in [0.2, 0.25) is 0 Å². The average Bonchev–Trinajstić information content (AvgIpc) is 3.70. The molecule has 86 heavy (non-hydrogen) atoms. The third-order valence-electron chi connectivity index (χ3n) is 16.9. The van der Waals surface area contributed by atoms with E-state index in [2.05, 4.69) is 79.9 Å². The van der Waals surface area contributed by atoms with Crippen molar-refractivity contribution in [1.82, 2.24) is 5.32 Å². The van der Waals surface area contributed by atoms with Crippen molar-refractivity contribution in [3.8, 4) is 0 Å². The predicted molar refractivity (Wildman–Crippen MR) is 376 cm³/mol. The summed E-state index contributed by atoms with van der Waals surface area (Å²) in [5.41, 5.74) is 0. The second-order valence-electron chi connectivity index (χ2n) is 26.6. The SMILES string of the molecule is CC/C=C\C/C=C\C/C=C\C/C=C\C/C=C\CCCCCCCCCCCCCCCCCCCCCCCC(=O)NC(COP(=O)([O-])OCC[N+](C)(C)C)C(O)/C=C/CCCCCCCCCCCCCCCCCCCCCCCCCCC. The summed E-state index contributed by atoms with van der Waals surface area (Å²) in [7, 11) is 1.27. The topological polar surface area (TPSA) is 108 Å². The zero-order chi connectivity index (χ0) is 62.6. The van der Waals surface area contributed by atoms with Crippen LogP contribution in [0, 0.1) is 0 Å². The van der Waals surface area contributed by atoms with Crippen molar-refractivity contribution >= 4 is 13.7 Å². The number of hydrogen-bond acceptors (Lipinski definition) is 6. The minimum atomic E-state index is -4.61. The molecule has 8 nitrogen and oxygen atoms in total. The van der Waals surface area contributed by atoms with Gasteiger partial charge in [-0.3, -0.25) is 9.36 Å². The lowest BCUT2D eigenvalue weighted by Crippen LogP contribution is -2.45. The first-order valence-electron chi connectivity index (χ1n) is 37.3. The van der Waals surface area contributed by atoms with Crippen molar-refractivity contribution in [3.63, 3.8) is 0 Å². The molecule has 0 aliphatic rings. The van der Waals surface area contributed by atoms with Gasteiger partial charge in [0.05, 0.1) is 39.9 Å². The van der Waals surface area contributed by atoms with Gasteiger partial charge in [0.25, 0.3) is 7.82 Å². The minimum absolute atomic E-state index is 0.000385. The number of phosphoric acid groups is 1. The van der Waals surface area contributed by atoms with E-state index in [0.29, 0.717) is 17.4 Å². The second kappa shape index (κ2) is 67.3. The van der Waals surface area contributed by atoms with Gasteiger partial charge in [0.1, 0.15) is 13.2 Å². The first kappa shape index (κ1) is 83.9. The van der Waals surface area contributed by atoms with Crippen LogP contribution in [0.1, 0.15) is 361 Å². The van der Waals surface area contributed by atoms with E-state index in [9.17, 15) is 19.4 Å². The number of unbranched alkanes of at least 4 members (excludes halogenated alkanes) is 46. The third kappa shape index (κ3) is 69.4. The largest absolute Gasteiger partial charge is 0.756 e. The van der Waals surface area contributed by atoms with E-state index in [1.165, 1.54) is 270 Å². The molecule has 504 valence electrons. The number of rotatable bonds is 69. The van der Waals surface area contributed by atoms with Crippen LogP contribution >= 0.6 is 7.82 Å². The van der Waals surface area contributed by atoms with Crippen LogP contribution in [0.15, 0.2) is 72.9 Å². The monoisotopic (exact) mass is 1230 g/mol. The zero-order valence-corrected chi connectivity index (χ0v) is 58.7. The van der Waals surface area contributed by atoms with E-state index in [1.54, 1.807) is 6.08 Å². The second-order valence-corrected chi connectivity index (χ2v) is 28.0. The maximum Gasteiger partial charge on any atom is 0.268 e. The standard InChI is InChI=1S/C77H145N2O6P/c1-6-8-10-12-14-16-18-20-22-24-26-28-30-32-34-35-36-37-38-39-40-41-42-43-45-47-49-51-53-55-57-59-61-63-65-67-69-71-77(81)78-75(74-85-86(82,83)84-73-72-79(3,4)5)76(80)70-68-66-64-62-60-58-56-54-52-50-48-46-44-33-31-29-27-25-23-21-19-17-15-13-11-9-7-2/h8,10,14,16,20,22,26,28,32,34,68,70,75-76,80H,6-7,9,11-13,15,17-19,21,23-25,27,29-31,33,35-67,69,71-74H2,1-5H3,(H-,78,81,82,83)/b10-8-,16-14-,22-20-,28-26-,34-32-,70-68+. The Morgan fingerprint density at radius 1 is 0.419 bits per heavy atom. The van der Waals surface area contributed by atoms with Gasteiger partial charge in [0, 0.05) is 6.42 Å². The summed E-state index contributed by atoms with van der Waals surface area (Å²) >= 11 is 0. The van der Waals surface area contributed by atoms with Gasteiger partial charge in [0.2, 0.25) is 5.91 Å². The fourth-order valence-corrected chi connectivity index (χ4v) is 11.9. The zero-order valence-electron chi connectivity index (χ0n) is 57.8. The molecule has 0 aromatic carbocycles. The van der Waals surface area contributed by atoms with Gasteiger partial charge >= 0.3 is 0 Å². The average molecular weight is 1230 g/mol. The van der Waals surface area contributed by atoms with Crippen LogP contribution in [0.5, 0.6) is 0 Å². The van der Waals surface area contributed by atoms with Gasteiger partial charge in [-0.15, -0.1) is 0 Å². The van der Waals surface area contributed by atoms with Gasteiger partial charge in [-0.05, 0) is 64.2 Å². The van der Waals surface area contributed by atoms with Crippen molar-refractivity contribution in [2.75, 3.05) is 40.9 Å². The summed E-state index contributed by atoms with van der Waals surface area (Å²) in [5, 5.41) is 14.0. The Labute approximate surface area is 535 Å². The summed E-state index contributed by atoms with van der Waals surface area (Å²) in [6.07, 6.45) is 94.7. The maximum atomic E-state index is 13.1. The summed E-state index contributed by atoms with van der Waals surface area (Å²) in [6.45, 7) is 4.59. The fourth-order valence-electron chi connectivity index (χ4n) is 11.2. The van der Waals surface area contributed by atoms with Crippen molar-refractivity contribution < 1.29 is 32.9 Å². The first-order chi connectivity index (χ1) is 42.0.